The summed E-state index contributed by atoms with van der Waals surface area (Å²) in [4.78, 5) is 12.2. The second kappa shape index (κ2) is 7.95. The van der Waals surface area contributed by atoms with Crippen LogP contribution in [-0.2, 0) is 0 Å². The Morgan fingerprint density at radius 1 is 1.14 bits per heavy atom. The Kier molecular flexibility index (Phi) is 5.59. The molecule has 2 aromatic carbocycles. The van der Waals surface area contributed by atoms with Gasteiger partial charge in [0.1, 0.15) is 28.4 Å². The molecule has 0 bridgehead atoms. The largest absolute Gasteiger partial charge is 0.456 e. The average Bonchev–Trinajstić information content (AvgIpc) is 2.65. The first-order valence-corrected chi connectivity index (χ1v) is 9.36. The number of hydrogen-bond acceptors (Lipinski definition) is 4. The van der Waals surface area contributed by atoms with Crippen LogP contribution in [0.5, 0.6) is 11.5 Å². The molecular weight excluding hydrogens is 414 g/mol. The van der Waals surface area contributed by atoms with Gasteiger partial charge in [-0.2, -0.15) is 0 Å². The molecule has 0 radical (unpaired) electrons. The van der Waals surface area contributed by atoms with Crippen LogP contribution in [0.4, 0.5) is 21.7 Å². The maximum Gasteiger partial charge on any atom is 0.259 e. The van der Waals surface area contributed by atoms with E-state index >= 15 is 0 Å². The number of aromatic nitrogens is 2. The number of amides is 1. The number of rotatable bonds is 5. The molecule has 152 valence electrons. The highest BCUT2D eigenvalue weighted by Gasteiger charge is 2.27. The number of carbonyl (C=O) groups excluding carboxylic acids is 1. The van der Waals surface area contributed by atoms with Crippen molar-refractivity contribution < 1.29 is 35.6 Å². The van der Waals surface area contributed by atoms with E-state index in [1.165, 1.54) is 19.1 Å². The lowest BCUT2D eigenvalue weighted by atomic mass is 10.1. The molecule has 0 spiro atoms. The molecule has 6 nitrogen and oxygen atoms in total. The van der Waals surface area contributed by atoms with Crippen molar-refractivity contribution in [2.24, 2.45) is 0 Å². The summed E-state index contributed by atoms with van der Waals surface area (Å²) >= 11 is -5.55. The van der Waals surface area contributed by atoms with Gasteiger partial charge < -0.3 is 10.1 Å². The Labute approximate surface area is 164 Å². The zero-order valence-electron chi connectivity index (χ0n) is 14.8. The third-order valence-electron chi connectivity index (χ3n) is 3.78. The second-order valence-electron chi connectivity index (χ2n) is 5.87. The van der Waals surface area contributed by atoms with Gasteiger partial charge in [0.2, 0.25) is 11.2 Å². The van der Waals surface area contributed by atoms with Gasteiger partial charge in [-0.25, -0.2) is 4.39 Å². The highest BCUT2D eigenvalue weighted by Crippen LogP contribution is 2.61. The fraction of sp³-hybridized carbons (Fsp3) is 0.0556. The quantitative estimate of drug-likeness (QED) is 0.344. The lowest BCUT2D eigenvalue weighted by molar-refractivity contribution is -0.948. The third kappa shape index (κ3) is 4.93. The third-order valence-corrected chi connectivity index (χ3v) is 4.57. The van der Waals surface area contributed by atoms with Crippen LogP contribution in [0.2, 0.25) is 0 Å². The molecule has 1 heterocycles. The van der Waals surface area contributed by atoms with Gasteiger partial charge >= 0.3 is 0 Å². The number of halogens is 4. The lowest BCUT2D eigenvalue weighted by Crippen LogP contribution is -2.33. The van der Waals surface area contributed by atoms with Crippen LogP contribution in [-0.4, -0.2) is 16.2 Å². The topological polar surface area (TPSA) is 75.3 Å². The summed E-state index contributed by atoms with van der Waals surface area (Å²) in [6, 6.07) is 7.39. The van der Waals surface area contributed by atoms with Gasteiger partial charge in [0, 0.05) is 17.2 Å². The van der Waals surface area contributed by atoms with Gasteiger partial charge in [0.25, 0.3) is 12.1 Å². The molecule has 0 saturated carbocycles. The first-order chi connectivity index (χ1) is 13.6. The van der Waals surface area contributed by atoms with Crippen LogP contribution in [0.25, 0.3) is 0 Å². The van der Waals surface area contributed by atoms with Crippen molar-refractivity contribution in [3.8, 4) is 11.5 Å². The highest BCUT2D eigenvalue weighted by molar-refractivity contribution is 8.20. The van der Waals surface area contributed by atoms with Crippen LogP contribution in [0.15, 0.2) is 59.8 Å². The number of carbonyl (C=O) groups is 1. The number of benzene rings is 2. The van der Waals surface area contributed by atoms with Gasteiger partial charge in [0.05, 0.1) is 16.1 Å². The number of ether oxygens (including phenoxy) is 1. The molecule has 0 fully saturated rings. The number of nitrogens with zero attached hydrogens (tertiary/aromatic N) is 2. The monoisotopic (exact) mass is 428 g/mol. The van der Waals surface area contributed by atoms with E-state index in [-0.39, 0.29) is 22.7 Å². The smallest absolute Gasteiger partial charge is 0.259 e. The van der Waals surface area contributed by atoms with Gasteiger partial charge in [-0.15, -0.1) is 11.7 Å². The summed E-state index contributed by atoms with van der Waals surface area (Å²) < 4.78 is 58.4. The van der Waals surface area contributed by atoms with Crippen LogP contribution in [0, 0.1) is 12.7 Å². The maximum atomic E-state index is 13.3. The number of aryl methyl sites for hydroxylation is 1. The molecule has 3 aromatic rings. The predicted octanol–water partition coefficient (Wildman–Crippen LogP) is 4.92. The fourth-order valence-electron chi connectivity index (χ4n) is 2.39. The average molecular weight is 428 g/mol. The standard InChI is InChI=1S/C18H13F4N3O3S/c1-11-8-12(19)2-5-16(11)28-17-9-14(29(20,21)22)3-4-15(17)18(26)24-13-6-7-25(27)23-10-13/h2-10,27H,1H3/p+1. The van der Waals surface area contributed by atoms with Crippen molar-refractivity contribution in [3.05, 3.63) is 71.8 Å². The Hall–Kier alpha value is -3.34. The second-order valence-corrected chi connectivity index (χ2v) is 7.15. The van der Waals surface area contributed by atoms with Crippen LogP contribution in [0.1, 0.15) is 15.9 Å². The molecule has 1 aromatic heterocycles. The molecule has 0 atom stereocenters. The zero-order chi connectivity index (χ0) is 21.2. The van der Waals surface area contributed by atoms with E-state index in [2.05, 4.69) is 10.4 Å². The lowest BCUT2D eigenvalue weighted by Gasteiger charge is -2.16. The van der Waals surface area contributed by atoms with E-state index in [1.54, 1.807) is 0 Å². The Morgan fingerprint density at radius 3 is 2.52 bits per heavy atom. The van der Waals surface area contributed by atoms with Gasteiger partial charge in [-0.3, -0.25) is 10.0 Å². The van der Waals surface area contributed by atoms with E-state index in [9.17, 15) is 20.8 Å². The SMILES string of the molecule is Cc1cc(F)ccc1Oc1cc(S(F)(F)F)ccc1C(=O)Nc1cc[n+](O)nc1. The summed E-state index contributed by atoms with van der Waals surface area (Å²) in [5.41, 5.74) is 0.387. The van der Waals surface area contributed by atoms with Crippen molar-refractivity contribution in [3.63, 3.8) is 0 Å². The minimum absolute atomic E-state index is 0.109. The molecule has 2 N–H and O–H groups in total. The summed E-state index contributed by atoms with van der Waals surface area (Å²) in [5.74, 6) is -1.50. The maximum absolute atomic E-state index is 13.3. The van der Waals surface area contributed by atoms with Crippen molar-refractivity contribution in [1.82, 2.24) is 5.10 Å². The predicted molar refractivity (Wildman–Crippen MR) is 96.4 cm³/mol. The van der Waals surface area contributed by atoms with Gasteiger partial charge in [-0.1, -0.05) is 0 Å². The van der Waals surface area contributed by atoms with E-state index < -0.39 is 27.8 Å². The van der Waals surface area contributed by atoms with Gasteiger partial charge in [-0.05, 0) is 42.8 Å². The van der Waals surface area contributed by atoms with Crippen molar-refractivity contribution in [2.45, 2.75) is 11.8 Å². The minimum Gasteiger partial charge on any atom is -0.456 e. The molecule has 0 aliphatic rings. The van der Waals surface area contributed by atoms with Crippen LogP contribution >= 0.6 is 11.2 Å². The molecule has 0 aliphatic carbocycles. The molecule has 3 rings (SSSR count). The first-order valence-electron chi connectivity index (χ1n) is 8.02. The first kappa shape index (κ1) is 20.4. The van der Waals surface area contributed by atoms with Gasteiger partial charge in [0.15, 0.2) is 0 Å². The summed E-state index contributed by atoms with van der Waals surface area (Å²) in [6.45, 7) is 1.52. The van der Waals surface area contributed by atoms with E-state index in [1.807, 2.05) is 0 Å². The van der Waals surface area contributed by atoms with E-state index in [0.717, 1.165) is 42.7 Å². The van der Waals surface area contributed by atoms with Crippen LogP contribution < -0.4 is 14.9 Å². The molecule has 11 heteroatoms. The fourth-order valence-corrected chi connectivity index (χ4v) is 2.85. The summed E-state index contributed by atoms with van der Waals surface area (Å²) in [5, 5.41) is 15.1. The van der Waals surface area contributed by atoms with Crippen molar-refractivity contribution >= 4 is 22.8 Å². The Morgan fingerprint density at radius 2 is 1.90 bits per heavy atom. The normalized spacial score (nSPS) is 11.8. The zero-order valence-corrected chi connectivity index (χ0v) is 15.6. The van der Waals surface area contributed by atoms with E-state index in [4.69, 9.17) is 9.94 Å². The molecule has 1 amide bonds. The van der Waals surface area contributed by atoms with Crippen molar-refractivity contribution in [1.29, 1.82) is 0 Å². The number of nitrogens with one attached hydrogen (secondary N) is 1. The summed E-state index contributed by atoms with van der Waals surface area (Å²) in [6.07, 6.45) is 2.31. The van der Waals surface area contributed by atoms with Crippen LogP contribution in [0.3, 0.4) is 0 Å². The highest BCUT2D eigenvalue weighted by atomic mass is 32.3. The number of hydrogen-bond donors (Lipinski definition) is 2. The van der Waals surface area contributed by atoms with E-state index in [0.29, 0.717) is 10.4 Å². The summed E-state index contributed by atoms with van der Waals surface area (Å²) in [7, 11) is 0. The molecule has 0 saturated heterocycles. The molecule has 0 unspecified atom stereocenters. The van der Waals surface area contributed by atoms with Crippen molar-refractivity contribution in [2.75, 3.05) is 5.32 Å². The minimum atomic E-state index is -5.55. The molecular formula is C18H14F4N3O3S+. The molecule has 29 heavy (non-hydrogen) atoms. The Bertz CT molecular complexity index is 1060. The Balaban J connectivity index is 1.98. The number of anilines is 1. The molecule has 0 aliphatic heterocycles.